The van der Waals surface area contributed by atoms with Gasteiger partial charge in [0.25, 0.3) is 5.69 Å². The number of hydrogen-bond acceptors (Lipinski definition) is 4. The molecule has 0 heterocycles. The molecule has 6 heteroatoms. The summed E-state index contributed by atoms with van der Waals surface area (Å²) in [4.78, 5) is 11.1. The van der Waals surface area contributed by atoms with Crippen molar-refractivity contribution in [2.75, 3.05) is 12.9 Å². The Balaban J connectivity index is 1.93. The number of non-ortho nitro benzene ring substituents is 1. The van der Waals surface area contributed by atoms with Crippen molar-refractivity contribution >= 4 is 29.1 Å². The highest BCUT2D eigenvalue weighted by atomic mass is 35.5. The van der Waals surface area contributed by atoms with Crippen molar-refractivity contribution in [1.29, 1.82) is 0 Å². The van der Waals surface area contributed by atoms with Crippen molar-refractivity contribution in [3.8, 4) is 5.75 Å². The maximum absolute atomic E-state index is 10.6. The number of nitro benzene ring substituents is 1. The zero-order valence-corrected chi connectivity index (χ0v) is 12.9. The predicted molar refractivity (Wildman–Crippen MR) is 85.4 cm³/mol. The van der Waals surface area contributed by atoms with Crippen molar-refractivity contribution < 1.29 is 9.66 Å². The van der Waals surface area contributed by atoms with E-state index in [1.165, 1.54) is 12.1 Å². The van der Waals surface area contributed by atoms with E-state index in [9.17, 15) is 10.1 Å². The van der Waals surface area contributed by atoms with E-state index in [4.69, 9.17) is 16.3 Å². The van der Waals surface area contributed by atoms with Crippen LogP contribution in [-0.2, 0) is 0 Å². The standard InChI is InChI=1S/C15H14ClNO3S/c1-20-13-6-2-11(3-7-13)15(16)10-21-14-8-4-12(5-9-14)17(18)19/h2-9,15H,10H2,1H3. The van der Waals surface area contributed by atoms with Gasteiger partial charge in [0.1, 0.15) is 5.75 Å². The normalized spacial score (nSPS) is 11.9. The molecule has 0 radical (unpaired) electrons. The van der Waals surface area contributed by atoms with Gasteiger partial charge in [-0.25, -0.2) is 0 Å². The molecule has 2 rings (SSSR count). The Kier molecular flexibility index (Phi) is 5.47. The smallest absolute Gasteiger partial charge is 0.269 e. The number of benzene rings is 2. The van der Waals surface area contributed by atoms with Gasteiger partial charge in [0.2, 0.25) is 0 Å². The van der Waals surface area contributed by atoms with Gasteiger partial charge in [0.05, 0.1) is 17.4 Å². The summed E-state index contributed by atoms with van der Waals surface area (Å²) < 4.78 is 5.11. The highest BCUT2D eigenvalue weighted by Crippen LogP contribution is 2.30. The second-order valence-corrected chi connectivity index (χ2v) is 5.92. The summed E-state index contributed by atoms with van der Waals surface area (Å²) in [5.41, 5.74) is 1.11. The molecule has 0 aliphatic carbocycles. The third kappa shape index (κ3) is 4.37. The third-order valence-electron chi connectivity index (χ3n) is 2.92. The van der Waals surface area contributed by atoms with Gasteiger partial charge in [-0.2, -0.15) is 0 Å². The van der Waals surface area contributed by atoms with Crippen LogP contribution in [0.15, 0.2) is 53.4 Å². The van der Waals surface area contributed by atoms with Crippen LogP contribution in [-0.4, -0.2) is 17.8 Å². The van der Waals surface area contributed by atoms with E-state index in [0.717, 1.165) is 16.2 Å². The van der Waals surface area contributed by atoms with Crippen molar-refractivity contribution in [2.45, 2.75) is 10.3 Å². The average molecular weight is 324 g/mol. The van der Waals surface area contributed by atoms with Crippen LogP contribution in [0.1, 0.15) is 10.9 Å². The Bertz CT molecular complexity index is 601. The number of hydrogen-bond donors (Lipinski definition) is 0. The largest absolute Gasteiger partial charge is 0.497 e. The summed E-state index contributed by atoms with van der Waals surface area (Å²) in [5, 5.41) is 10.5. The van der Waals surface area contributed by atoms with Gasteiger partial charge in [-0.3, -0.25) is 10.1 Å². The molecule has 2 aromatic carbocycles. The lowest BCUT2D eigenvalue weighted by molar-refractivity contribution is -0.384. The third-order valence-corrected chi connectivity index (χ3v) is 4.62. The van der Waals surface area contributed by atoms with Crippen molar-refractivity contribution in [3.63, 3.8) is 0 Å². The lowest BCUT2D eigenvalue weighted by Gasteiger charge is -2.10. The van der Waals surface area contributed by atoms with Crippen LogP contribution in [0.4, 0.5) is 5.69 Å². The Morgan fingerprint density at radius 3 is 2.33 bits per heavy atom. The summed E-state index contributed by atoms with van der Waals surface area (Å²) in [6.07, 6.45) is 0. The van der Waals surface area contributed by atoms with Gasteiger partial charge in [-0.05, 0) is 29.8 Å². The number of ether oxygens (including phenoxy) is 1. The number of alkyl halides is 1. The zero-order chi connectivity index (χ0) is 15.2. The van der Waals surface area contributed by atoms with Gasteiger partial charge in [0.15, 0.2) is 0 Å². The summed E-state index contributed by atoms with van der Waals surface area (Å²) in [7, 11) is 1.62. The Labute approximate surface area is 132 Å². The molecule has 1 atom stereocenters. The molecular weight excluding hydrogens is 310 g/mol. The Morgan fingerprint density at radius 2 is 1.81 bits per heavy atom. The summed E-state index contributed by atoms with van der Waals surface area (Å²) in [5.74, 6) is 1.48. The molecule has 0 N–H and O–H groups in total. The number of methoxy groups -OCH3 is 1. The maximum Gasteiger partial charge on any atom is 0.269 e. The summed E-state index contributed by atoms with van der Waals surface area (Å²) in [6, 6.07) is 14.1. The van der Waals surface area contributed by atoms with Crippen molar-refractivity contribution in [3.05, 3.63) is 64.2 Å². The minimum absolute atomic E-state index is 0.0944. The SMILES string of the molecule is COc1ccc(C(Cl)CSc2ccc([N+](=O)[O-])cc2)cc1. The van der Waals surface area contributed by atoms with Crippen LogP contribution in [0.5, 0.6) is 5.75 Å². The molecule has 0 saturated carbocycles. The predicted octanol–water partition coefficient (Wildman–Crippen LogP) is 4.68. The molecule has 0 saturated heterocycles. The minimum Gasteiger partial charge on any atom is -0.497 e. The number of halogens is 1. The molecule has 0 amide bonds. The monoisotopic (exact) mass is 323 g/mol. The zero-order valence-electron chi connectivity index (χ0n) is 11.4. The van der Waals surface area contributed by atoms with E-state index >= 15 is 0 Å². The average Bonchev–Trinajstić information content (AvgIpc) is 2.53. The molecule has 0 fully saturated rings. The number of thioether (sulfide) groups is 1. The van der Waals surface area contributed by atoms with E-state index in [-0.39, 0.29) is 11.1 Å². The molecule has 4 nitrogen and oxygen atoms in total. The van der Waals surface area contributed by atoms with Crippen molar-refractivity contribution in [1.82, 2.24) is 0 Å². The molecule has 0 aliphatic rings. The number of rotatable bonds is 6. The van der Waals surface area contributed by atoms with Crippen LogP contribution in [0, 0.1) is 10.1 Å². The van der Waals surface area contributed by atoms with E-state index in [0.29, 0.717) is 5.75 Å². The fraction of sp³-hybridized carbons (Fsp3) is 0.200. The summed E-state index contributed by atoms with van der Waals surface area (Å²) in [6.45, 7) is 0. The highest BCUT2D eigenvalue weighted by Gasteiger charge is 2.10. The fourth-order valence-corrected chi connectivity index (χ4v) is 2.94. The van der Waals surface area contributed by atoms with Crippen LogP contribution in [0.25, 0.3) is 0 Å². The lowest BCUT2D eigenvalue weighted by Crippen LogP contribution is -1.94. The Morgan fingerprint density at radius 1 is 1.19 bits per heavy atom. The minimum atomic E-state index is -0.407. The van der Waals surface area contributed by atoms with Crippen LogP contribution >= 0.6 is 23.4 Å². The highest BCUT2D eigenvalue weighted by molar-refractivity contribution is 7.99. The second kappa shape index (κ2) is 7.33. The number of nitrogens with zero attached hydrogens (tertiary/aromatic N) is 1. The van der Waals surface area contributed by atoms with Crippen LogP contribution in [0.3, 0.4) is 0 Å². The van der Waals surface area contributed by atoms with E-state index in [1.54, 1.807) is 31.0 Å². The van der Waals surface area contributed by atoms with Gasteiger partial charge < -0.3 is 4.74 Å². The first-order valence-electron chi connectivity index (χ1n) is 6.25. The molecule has 0 aliphatic heterocycles. The quantitative estimate of drug-likeness (QED) is 0.335. The first-order chi connectivity index (χ1) is 10.1. The van der Waals surface area contributed by atoms with Gasteiger partial charge >= 0.3 is 0 Å². The molecule has 1 unspecified atom stereocenters. The molecule has 0 aromatic heterocycles. The molecule has 0 spiro atoms. The molecular formula is C15H14ClNO3S. The fourth-order valence-electron chi connectivity index (χ4n) is 1.74. The van der Waals surface area contributed by atoms with Gasteiger partial charge in [-0.1, -0.05) is 12.1 Å². The summed E-state index contributed by atoms with van der Waals surface area (Å²) >= 11 is 7.93. The maximum atomic E-state index is 10.6. The first-order valence-corrected chi connectivity index (χ1v) is 7.67. The van der Waals surface area contributed by atoms with Crippen LogP contribution < -0.4 is 4.74 Å². The molecule has 21 heavy (non-hydrogen) atoms. The molecule has 0 bridgehead atoms. The van der Waals surface area contributed by atoms with E-state index in [1.807, 2.05) is 24.3 Å². The van der Waals surface area contributed by atoms with Gasteiger partial charge in [0, 0.05) is 22.8 Å². The van der Waals surface area contributed by atoms with E-state index < -0.39 is 4.92 Å². The molecule has 2 aromatic rings. The number of nitro groups is 1. The van der Waals surface area contributed by atoms with Crippen molar-refractivity contribution in [2.24, 2.45) is 0 Å². The van der Waals surface area contributed by atoms with E-state index in [2.05, 4.69) is 0 Å². The first kappa shape index (κ1) is 15.7. The molecule has 110 valence electrons. The Hall–Kier alpha value is -1.72. The van der Waals surface area contributed by atoms with Crippen LogP contribution in [0.2, 0.25) is 0 Å². The lowest BCUT2D eigenvalue weighted by atomic mass is 10.1. The van der Waals surface area contributed by atoms with Gasteiger partial charge in [-0.15, -0.1) is 23.4 Å². The second-order valence-electron chi connectivity index (χ2n) is 4.30. The topological polar surface area (TPSA) is 52.4 Å².